The Morgan fingerprint density at radius 2 is 2.18 bits per heavy atom. The fourth-order valence-corrected chi connectivity index (χ4v) is 3.26. The van der Waals surface area contributed by atoms with Gasteiger partial charge in [-0.1, -0.05) is 23.7 Å². The highest BCUT2D eigenvalue weighted by Crippen LogP contribution is 2.19. The van der Waals surface area contributed by atoms with Crippen molar-refractivity contribution in [2.75, 3.05) is 6.54 Å². The van der Waals surface area contributed by atoms with Gasteiger partial charge in [0.05, 0.1) is 10.1 Å². The summed E-state index contributed by atoms with van der Waals surface area (Å²) >= 11 is 1.48. The van der Waals surface area contributed by atoms with Crippen molar-refractivity contribution in [3.05, 3.63) is 34.6 Å². The number of carbonyl (C=O) groups excluding carboxylic acids is 1. The van der Waals surface area contributed by atoms with Crippen LogP contribution in [0, 0.1) is 5.92 Å². The van der Waals surface area contributed by atoms with Gasteiger partial charge in [-0.3, -0.25) is 13.5 Å². The lowest BCUT2D eigenvalue weighted by molar-refractivity contribution is -0.119. The number of amides is 1. The summed E-state index contributed by atoms with van der Waals surface area (Å²) in [6, 6.07) is 7.61. The van der Waals surface area contributed by atoms with Gasteiger partial charge >= 0.3 is 0 Å². The van der Waals surface area contributed by atoms with Crippen molar-refractivity contribution in [1.29, 1.82) is 0 Å². The summed E-state index contributed by atoms with van der Waals surface area (Å²) < 4.78 is 2.77. The highest BCUT2D eigenvalue weighted by atomic mass is 32.1. The van der Waals surface area contributed by atoms with Gasteiger partial charge in [-0.25, -0.2) is 0 Å². The summed E-state index contributed by atoms with van der Waals surface area (Å²) in [5, 5.41) is 3.57. The van der Waals surface area contributed by atoms with E-state index in [1.54, 1.807) is 3.96 Å². The van der Waals surface area contributed by atoms with Crippen LogP contribution in [0.25, 0.3) is 10.1 Å². The van der Waals surface area contributed by atoms with Crippen LogP contribution in [0.4, 0.5) is 0 Å². The molecule has 1 atom stereocenters. The van der Waals surface area contributed by atoms with Crippen LogP contribution in [0.2, 0.25) is 0 Å². The maximum Gasteiger partial charge on any atom is 0.268 e. The molecule has 1 saturated heterocycles. The van der Waals surface area contributed by atoms with Gasteiger partial charge in [0.25, 0.3) is 5.56 Å². The number of nitrogens with zero attached hydrogens (tertiary/aromatic N) is 1. The standard InChI is InChI=1S/C12H12N2O2S/c15-11-5-8(6-13-11)7-14-12(16)9-3-1-2-4-10(9)17-14/h1-4,8H,5-7H2,(H,13,15)/t8-/m0/s1. The number of hydrogen-bond acceptors (Lipinski definition) is 3. The predicted molar refractivity (Wildman–Crippen MR) is 67.2 cm³/mol. The first-order valence-corrected chi connectivity index (χ1v) is 6.37. The van der Waals surface area contributed by atoms with Crippen LogP contribution in [-0.4, -0.2) is 16.4 Å². The zero-order chi connectivity index (χ0) is 11.8. The van der Waals surface area contributed by atoms with Gasteiger partial charge in [0.1, 0.15) is 0 Å². The lowest BCUT2D eigenvalue weighted by Crippen LogP contribution is -2.20. The fraction of sp³-hybridized carbons (Fsp3) is 0.333. The maximum absolute atomic E-state index is 12.1. The number of hydrogen-bond donors (Lipinski definition) is 1. The molecule has 2 aromatic rings. The molecule has 1 N–H and O–H groups in total. The van der Waals surface area contributed by atoms with Gasteiger partial charge < -0.3 is 5.32 Å². The van der Waals surface area contributed by atoms with Gasteiger partial charge in [-0.15, -0.1) is 0 Å². The van der Waals surface area contributed by atoms with Crippen LogP contribution in [0.3, 0.4) is 0 Å². The molecular weight excluding hydrogens is 236 g/mol. The van der Waals surface area contributed by atoms with E-state index in [1.165, 1.54) is 11.5 Å². The number of fused-ring (bicyclic) bond motifs is 1. The molecule has 5 heteroatoms. The van der Waals surface area contributed by atoms with E-state index in [2.05, 4.69) is 5.32 Å². The zero-order valence-corrected chi connectivity index (χ0v) is 10.00. The Morgan fingerprint density at radius 3 is 2.88 bits per heavy atom. The number of nitrogens with one attached hydrogen (secondary N) is 1. The average Bonchev–Trinajstić information content (AvgIpc) is 2.86. The van der Waals surface area contributed by atoms with E-state index < -0.39 is 0 Å². The van der Waals surface area contributed by atoms with E-state index in [1.807, 2.05) is 24.3 Å². The molecule has 1 aromatic heterocycles. The molecule has 1 fully saturated rings. The zero-order valence-electron chi connectivity index (χ0n) is 9.18. The van der Waals surface area contributed by atoms with Gasteiger partial charge in [0, 0.05) is 25.4 Å². The van der Waals surface area contributed by atoms with Gasteiger partial charge in [0.15, 0.2) is 0 Å². The first-order valence-electron chi connectivity index (χ1n) is 5.59. The topological polar surface area (TPSA) is 51.1 Å². The molecule has 0 radical (unpaired) electrons. The molecule has 1 aromatic carbocycles. The molecule has 1 aliphatic rings. The normalized spacial score (nSPS) is 19.8. The maximum atomic E-state index is 12.1. The predicted octanol–water partition coefficient (Wildman–Crippen LogP) is 1.20. The Balaban J connectivity index is 1.93. The van der Waals surface area contributed by atoms with Crippen molar-refractivity contribution in [1.82, 2.24) is 9.27 Å². The fourth-order valence-electron chi connectivity index (χ4n) is 2.17. The average molecular weight is 248 g/mol. The molecule has 4 nitrogen and oxygen atoms in total. The molecule has 0 saturated carbocycles. The minimum atomic E-state index is 0.0601. The summed E-state index contributed by atoms with van der Waals surface area (Å²) in [4.78, 5) is 23.2. The second kappa shape index (κ2) is 4.00. The van der Waals surface area contributed by atoms with Crippen molar-refractivity contribution in [3.8, 4) is 0 Å². The Morgan fingerprint density at radius 1 is 1.35 bits per heavy atom. The van der Waals surface area contributed by atoms with Crippen LogP contribution < -0.4 is 10.9 Å². The number of benzene rings is 1. The molecule has 1 amide bonds. The van der Waals surface area contributed by atoms with Crippen LogP contribution in [-0.2, 0) is 11.3 Å². The molecule has 2 heterocycles. The molecule has 88 valence electrons. The van der Waals surface area contributed by atoms with Crippen LogP contribution in [0.5, 0.6) is 0 Å². The minimum absolute atomic E-state index is 0.0601. The number of rotatable bonds is 2. The molecule has 0 spiro atoms. The molecule has 0 unspecified atom stereocenters. The van der Waals surface area contributed by atoms with E-state index in [0.29, 0.717) is 19.5 Å². The van der Waals surface area contributed by atoms with Gasteiger partial charge in [-0.05, 0) is 12.1 Å². The summed E-state index contributed by atoms with van der Waals surface area (Å²) in [6.07, 6.45) is 0.528. The van der Waals surface area contributed by atoms with Crippen molar-refractivity contribution in [2.24, 2.45) is 5.92 Å². The third kappa shape index (κ3) is 1.86. The Kier molecular flexibility index (Phi) is 2.48. The molecular formula is C12H12N2O2S. The summed E-state index contributed by atoms with van der Waals surface area (Å²) in [5.41, 5.74) is 0.0601. The molecule has 17 heavy (non-hydrogen) atoms. The lowest BCUT2D eigenvalue weighted by Gasteiger charge is -2.05. The summed E-state index contributed by atoms with van der Waals surface area (Å²) in [5.74, 6) is 0.331. The van der Waals surface area contributed by atoms with Crippen molar-refractivity contribution >= 4 is 27.5 Å². The Labute approximate surface area is 102 Å². The molecule has 0 aliphatic carbocycles. The van der Waals surface area contributed by atoms with Crippen LogP contribution in [0.1, 0.15) is 6.42 Å². The molecule has 0 bridgehead atoms. The summed E-state index contributed by atoms with van der Waals surface area (Å²) in [7, 11) is 0. The second-order valence-corrected chi connectivity index (χ2v) is 5.39. The van der Waals surface area contributed by atoms with Crippen LogP contribution >= 0.6 is 11.5 Å². The van der Waals surface area contributed by atoms with Crippen molar-refractivity contribution in [2.45, 2.75) is 13.0 Å². The SMILES string of the molecule is O=C1C[C@H](Cn2sc3ccccc3c2=O)CN1. The smallest absolute Gasteiger partial charge is 0.268 e. The molecule has 1 aliphatic heterocycles. The number of aromatic nitrogens is 1. The van der Waals surface area contributed by atoms with E-state index in [9.17, 15) is 9.59 Å². The van der Waals surface area contributed by atoms with Gasteiger partial charge in [0.2, 0.25) is 5.91 Å². The van der Waals surface area contributed by atoms with E-state index in [0.717, 1.165) is 10.1 Å². The third-order valence-corrected chi connectivity index (χ3v) is 4.13. The Hall–Kier alpha value is -1.62. The summed E-state index contributed by atoms with van der Waals surface area (Å²) in [6.45, 7) is 1.32. The second-order valence-electron chi connectivity index (χ2n) is 4.33. The number of carbonyl (C=O) groups is 1. The van der Waals surface area contributed by atoms with E-state index in [4.69, 9.17) is 0 Å². The van der Waals surface area contributed by atoms with Gasteiger partial charge in [-0.2, -0.15) is 0 Å². The molecule has 3 rings (SSSR count). The largest absolute Gasteiger partial charge is 0.356 e. The van der Waals surface area contributed by atoms with E-state index in [-0.39, 0.29) is 17.4 Å². The van der Waals surface area contributed by atoms with Crippen molar-refractivity contribution in [3.63, 3.8) is 0 Å². The Bertz CT molecular complexity index is 629. The lowest BCUT2D eigenvalue weighted by atomic mass is 10.1. The highest BCUT2D eigenvalue weighted by Gasteiger charge is 2.22. The first kappa shape index (κ1) is 10.5. The minimum Gasteiger partial charge on any atom is -0.356 e. The highest BCUT2D eigenvalue weighted by molar-refractivity contribution is 7.13. The monoisotopic (exact) mass is 248 g/mol. The van der Waals surface area contributed by atoms with Crippen LogP contribution in [0.15, 0.2) is 29.1 Å². The first-order chi connectivity index (χ1) is 8.24. The van der Waals surface area contributed by atoms with Crippen molar-refractivity contribution < 1.29 is 4.79 Å². The quantitative estimate of drug-likeness (QED) is 0.868. The van der Waals surface area contributed by atoms with E-state index >= 15 is 0 Å². The third-order valence-electron chi connectivity index (χ3n) is 3.04.